The van der Waals surface area contributed by atoms with Crippen molar-refractivity contribution in [2.45, 2.75) is 13.3 Å². The highest BCUT2D eigenvalue weighted by Crippen LogP contribution is 2.24. The van der Waals surface area contributed by atoms with Crippen molar-refractivity contribution in [1.29, 1.82) is 0 Å². The number of ether oxygens (including phenoxy) is 1. The molecule has 0 aliphatic heterocycles. The number of hydrogen-bond donors (Lipinski definition) is 3. The Kier molecular flexibility index (Phi) is 10.7. The number of carbonyl (C=O) groups is 2. The summed E-state index contributed by atoms with van der Waals surface area (Å²) in [5, 5.41) is 11.2. The second-order valence-electron chi connectivity index (χ2n) is 5.67. The number of hydrogen-bond acceptors (Lipinski definition) is 5. The zero-order valence-corrected chi connectivity index (χ0v) is 17.2. The average molecular weight is 412 g/mol. The van der Waals surface area contributed by atoms with E-state index < -0.39 is 0 Å². The number of amides is 2. The maximum absolute atomic E-state index is 12.4. The maximum atomic E-state index is 12.4. The van der Waals surface area contributed by atoms with Crippen molar-refractivity contribution < 1.29 is 14.3 Å². The van der Waals surface area contributed by atoms with Gasteiger partial charge in [-0.2, -0.15) is 0 Å². The summed E-state index contributed by atoms with van der Waals surface area (Å²) in [4.78, 5) is 24.7. The fraction of sp³-hybridized carbons (Fsp3) is 0.368. The zero-order valence-electron chi connectivity index (χ0n) is 15.5. The number of anilines is 1. The lowest BCUT2D eigenvalue weighted by atomic mass is 10.1. The molecule has 148 valence electrons. The first-order valence-electron chi connectivity index (χ1n) is 8.61. The normalized spacial score (nSPS) is 10.1. The molecule has 1 aromatic heterocycles. The fourth-order valence-corrected chi connectivity index (χ4v) is 3.09. The fourth-order valence-electron chi connectivity index (χ4n) is 2.31. The Morgan fingerprint density at radius 3 is 2.44 bits per heavy atom. The Hall–Kier alpha value is -1.93. The van der Waals surface area contributed by atoms with Gasteiger partial charge in [0.05, 0.1) is 12.2 Å². The van der Waals surface area contributed by atoms with Gasteiger partial charge < -0.3 is 20.7 Å². The van der Waals surface area contributed by atoms with Gasteiger partial charge in [0, 0.05) is 32.3 Å². The third-order valence-electron chi connectivity index (χ3n) is 3.83. The second-order valence-corrected chi connectivity index (χ2v) is 6.58. The van der Waals surface area contributed by atoms with Gasteiger partial charge >= 0.3 is 0 Å². The van der Waals surface area contributed by atoms with E-state index >= 15 is 0 Å². The minimum absolute atomic E-state index is 0. The summed E-state index contributed by atoms with van der Waals surface area (Å²) in [6.07, 6.45) is 0.928. The molecule has 0 fully saturated rings. The van der Waals surface area contributed by atoms with Crippen molar-refractivity contribution in [2.24, 2.45) is 0 Å². The largest absolute Gasteiger partial charge is 0.383 e. The molecular formula is C19H26ClN3O3S. The Bertz CT molecular complexity index is 719. The van der Waals surface area contributed by atoms with Crippen molar-refractivity contribution in [1.82, 2.24) is 10.6 Å². The topological polar surface area (TPSA) is 79.5 Å². The number of nitrogens with one attached hydrogen (secondary N) is 3. The SMILES string of the molecule is CCc1ccc(C(=O)Nc2sccc2C(=O)NCCNCCOC)cc1.Cl. The number of halogens is 1. The molecule has 6 nitrogen and oxygen atoms in total. The van der Waals surface area contributed by atoms with Gasteiger partial charge in [-0.15, -0.1) is 23.7 Å². The lowest BCUT2D eigenvalue weighted by Crippen LogP contribution is -2.33. The monoisotopic (exact) mass is 411 g/mol. The Labute approximate surface area is 170 Å². The molecule has 2 rings (SSSR count). The van der Waals surface area contributed by atoms with Gasteiger partial charge in [0.25, 0.3) is 11.8 Å². The first-order chi connectivity index (χ1) is 12.7. The molecule has 1 aromatic carbocycles. The molecule has 0 unspecified atom stereocenters. The van der Waals surface area contributed by atoms with E-state index in [1.807, 2.05) is 12.1 Å². The summed E-state index contributed by atoms with van der Waals surface area (Å²) in [5.74, 6) is -0.415. The van der Waals surface area contributed by atoms with E-state index in [1.54, 1.807) is 30.7 Å². The van der Waals surface area contributed by atoms with Crippen LogP contribution in [-0.4, -0.2) is 45.2 Å². The van der Waals surface area contributed by atoms with E-state index in [9.17, 15) is 9.59 Å². The first kappa shape index (κ1) is 23.1. The molecule has 2 amide bonds. The molecule has 0 spiro atoms. The van der Waals surface area contributed by atoms with Crippen molar-refractivity contribution in [3.63, 3.8) is 0 Å². The lowest BCUT2D eigenvalue weighted by molar-refractivity contribution is 0.0955. The molecule has 0 aliphatic rings. The standard InChI is InChI=1S/C19H25N3O3S.ClH/c1-3-14-4-6-15(7-5-14)17(23)22-19-16(8-13-26-19)18(24)21-10-9-20-11-12-25-2;/h4-8,13,20H,3,9-12H2,1-2H3,(H,21,24)(H,22,23);1H. The van der Waals surface area contributed by atoms with E-state index in [4.69, 9.17) is 4.74 Å². The van der Waals surface area contributed by atoms with Crippen LogP contribution >= 0.6 is 23.7 Å². The Morgan fingerprint density at radius 1 is 1.04 bits per heavy atom. The number of aryl methyl sites for hydroxylation is 1. The summed E-state index contributed by atoms with van der Waals surface area (Å²) < 4.78 is 4.94. The Balaban J connectivity index is 0.00000364. The molecule has 0 aliphatic carbocycles. The van der Waals surface area contributed by atoms with Crippen molar-refractivity contribution in [3.8, 4) is 0 Å². The van der Waals surface area contributed by atoms with E-state index in [0.29, 0.717) is 35.8 Å². The molecule has 0 radical (unpaired) electrons. The molecule has 1 heterocycles. The third kappa shape index (κ3) is 7.30. The predicted molar refractivity (Wildman–Crippen MR) is 112 cm³/mol. The molecule has 0 saturated carbocycles. The predicted octanol–water partition coefficient (Wildman–Crippen LogP) is 2.95. The van der Waals surface area contributed by atoms with Crippen LogP contribution in [0.2, 0.25) is 0 Å². The average Bonchev–Trinajstić information content (AvgIpc) is 3.12. The van der Waals surface area contributed by atoms with Gasteiger partial charge in [-0.1, -0.05) is 19.1 Å². The van der Waals surface area contributed by atoms with Gasteiger partial charge in [-0.25, -0.2) is 0 Å². The van der Waals surface area contributed by atoms with Crippen LogP contribution in [0, 0.1) is 0 Å². The minimum Gasteiger partial charge on any atom is -0.383 e. The van der Waals surface area contributed by atoms with Crippen LogP contribution in [0.15, 0.2) is 35.7 Å². The number of methoxy groups -OCH3 is 1. The van der Waals surface area contributed by atoms with E-state index in [2.05, 4.69) is 22.9 Å². The molecular weight excluding hydrogens is 386 g/mol. The van der Waals surface area contributed by atoms with Crippen LogP contribution < -0.4 is 16.0 Å². The summed E-state index contributed by atoms with van der Waals surface area (Å²) >= 11 is 1.33. The lowest BCUT2D eigenvalue weighted by Gasteiger charge is -2.09. The highest BCUT2D eigenvalue weighted by atomic mass is 35.5. The van der Waals surface area contributed by atoms with Crippen molar-refractivity contribution in [3.05, 3.63) is 52.4 Å². The van der Waals surface area contributed by atoms with Gasteiger partial charge in [-0.3, -0.25) is 9.59 Å². The minimum atomic E-state index is -0.217. The number of carbonyl (C=O) groups excluding carboxylic acids is 2. The molecule has 0 atom stereocenters. The van der Waals surface area contributed by atoms with E-state index in [-0.39, 0.29) is 24.2 Å². The smallest absolute Gasteiger partial charge is 0.256 e. The number of rotatable bonds is 10. The van der Waals surface area contributed by atoms with E-state index in [0.717, 1.165) is 13.0 Å². The molecule has 0 bridgehead atoms. The van der Waals surface area contributed by atoms with Gasteiger partial charge in [0.2, 0.25) is 0 Å². The third-order valence-corrected chi connectivity index (χ3v) is 4.66. The van der Waals surface area contributed by atoms with Crippen LogP contribution in [0.3, 0.4) is 0 Å². The molecule has 2 aromatic rings. The second kappa shape index (κ2) is 12.5. The van der Waals surface area contributed by atoms with Crippen LogP contribution in [0.4, 0.5) is 5.00 Å². The number of thiophene rings is 1. The van der Waals surface area contributed by atoms with E-state index in [1.165, 1.54) is 16.9 Å². The zero-order chi connectivity index (χ0) is 18.8. The molecule has 3 N–H and O–H groups in total. The Morgan fingerprint density at radius 2 is 1.78 bits per heavy atom. The molecule has 0 saturated heterocycles. The maximum Gasteiger partial charge on any atom is 0.256 e. The van der Waals surface area contributed by atoms with Gasteiger partial charge in [0.15, 0.2) is 0 Å². The molecule has 8 heteroatoms. The van der Waals surface area contributed by atoms with Crippen LogP contribution in [0.5, 0.6) is 0 Å². The summed E-state index contributed by atoms with van der Waals surface area (Å²) in [5.41, 5.74) is 2.23. The highest BCUT2D eigenvalue weighted by Gasteiger charge is 2.15. The van der Waals surface area contributed by atoms with Crippen molar-refractivity contribution >= 4 is 40.6 Å². The quantitative estimate of drug-likeness (QED) is 0.525. The summed E-state index contributed by atoms with van der Waals surface area (Å²) in [6, 6.07) is 9.19. The molecule has 27 heavy (non-hydrogen) atoms. The number of benzene rings is 1. The van der Waals surface area contributed by atoms with Crippen LogP contribution in [0.25, 0.3) is 0 Å². The van der Waals surface area contributed by atoms with Gasteiger partial charge in [0.1, 0.15) is 5.00 Å². The van der Waals surface area contributed by atoms with Crippen molar-refractivity contribution in [2.75, 3.05) is 38.7 Å². The summed E-state index contributed by atoms with van der Waals surface area (Å²) in [6.45, 7) is 4.60. The first-order valence-corrected chi connectivity index (χ1v) is 9.49. The highest BCUT2D eigenvalue weighted by molar-refractivity contribution is 7.14. The van der Waals surface area contributed by atoms with Crippen LogP contribution in [-0.2, 0) is 11.2 Å². The summed E-state index contributed by atoms with van der Waals surface area (Å²) in [7, 11) is 1.65. The van der Waals surface area contributed by atoms with Gasteiger partial charge in [-0.05, 0) is 35.6 Å². The van der Waals surface area contributed by atoms with Crippen LogP contribution in [0.1, 0.15) is 33.2 Å².